The maximum atomic E-state index is 13.3. The van der Waals surface area contributed by atoms with Crippen LogP contribution in [0.25, 0.3) is 0 Å². The lowest BCUT2D eigenvalue weighted by Crippen LogP contribution is -2.31. The summed E-state index contributed by atoms with van der Waals surface area (Å²) in [6.07, 6.45) is 0.573. The van der Waals surface area contributed by atoms with Gasteiger partial charge in [0.25, 0.3) is 0 Å². The van der Waals surface area contributed by atoms with Gasteiger partial charge in [0.2, 0.25) is 0 Å². The van der Waals surface area contributed by atoms with E-state index in [2.05, 4.69) is 0 Å². The van der Waals surface area contributed by atoms with Crippen molar-refractivity contribution in [2.75, 3.05) is 0 Å². The second-order valence-electron chi connectivity index (χ2n) is 4.91. The minimum absolute atomic E-state index is 0.183. The Morgan fingerprint density at radius 2 is 1.85 bits per heavy atom. The Labute approximate surface area is 119 Å². The van der Waals surface area contributed by atoms with Crippen molar-refractivity contribution in [3.05, 3.63) is 65.5 Å². The zero-order chi connectivity index (χ0) is 14.5. The van der Waals surface area contributed by atoms with Crippen molar-refractivity contribution in [1.82, 2.24) is 0 Å². The van der Waals surface area contributed by atoms with Gasteiger partial charge in [0, 0.05) is 6.07 Å². The molecule has 20 heavy (non-hydrogen) atoms. The lowest BCUT2D eigenvalue weighted by molar-refractivity contribution is 0.165. The summed E-state index contributed by atoms with van der Waals surface area (Å²) in [6, 6.07) is 14.1. The first-order valence-electron chi connectivity index (χ1n) is 6.85. The highest BCUT2D eigenvalue weighted by molar-refractivity contribution is 5.33. The van der Waals surface area contributed by atoms with Crippen molar-refractivity contribution < 1.29 is 9.13 Å². The third kappa shape index (κ3) is 3.36. The molecule has 3 heteroatoms. The molecule has 2 aromatic carbocycles. The van der Waals surface area contributed by atoms with Gasteiger partial charge < -0.3 is 10.5 Å². The molecule has 0 amide bonds. The van der Waals surface area contributed by atoms with Crippen LogP contribution in [0.5, 0.6) is 5.75 Å². The maximum absolute atomic E-state index is 13.3. The van der Waals surface area contributed by atoms with E-state index >= 15 is 0 Å². The molecule has 0 aromatic heterocycles. The highest BCUT2D eigenvalue weighted by Crippen LogP contribution is 2.25. The van der Waals surface area contributed by atoms with Crippen LogP contribution in [0.3, 0.4) is 0 Å². The van der Waals surface area contributed by atoms with E-state index in [4.69, 9.17) is 10.5 Å². The van der Waals surface area contributed by atoms with Crippen molar-refractivity contribution in [2.45, 2.75) is 32.4 Å². The summed E-state index contributed by atoms with van der Waals surface area (Å²) >= 11 is 0. The van der Waals surface area contributed by atoms with Crippen LogP contribution in [0.2, 0.25) is 0 Å². The fourth-order valence-corrected chi connectivity index (χ4v) is 2.16. The van der Waals surface area contributed by atoms with Crippen molar-refractivity contribution in [1.29, 1.82) is 0 Å². The van der Waals surface area contributed by atoms with Crippen LogP contribution < -0.4 is 10.5 Å². The number of halogens is 1. The van der Waals surface area contributed by atoms with Crippen molar-refractivity contribution in [2.24, 2.45) is 5.73 Å². The molecular weight excluding hydrogens is 253 g/mol. The Bertz CT molecular complexity index is 556. The fraction of sp³-hybridized carbons (Fsp3) is 0.294. The van der Waals surface area contributed by atoms with E-state index < -0.39 is 0 Å². The molecule has 0 saturated heterocycles. The van der Waals surface area contributed by atoms with Crippen molar-refractivity contribution in [3.8, 4) is 5.75 Å². The minimum Gasteiger partial charge on any atom is -0.488 e. The summed E-state index contributed by atoms with van der Waals surface area (Å²) in [6.45, 7) is 3.91. The summed E-state index contributed by atoms with van der Waals surface area (Å²) < 4.78 is 19.2. The topological polar surface area (TPSA) is 35.2 Å². The summed E-state index contributed by atoms with van der Waals surface area (Å²) in [4.78, 5) is 0. The molecule has 2 nitrogen and oxygen atoms in total. The molecule has 0 saturated carbocycles. The summed E-state index contributed by atoms with van der Waals surface area (Å²) in [7, 11) is 0. The molecule has 2 unspecified atom stereocenters. The van der Waals surface area contributed by atoms with Crippen LogP contribution in [0.1, 0.15) is 30.5 Å². The fourth-order valence-electron chi connectivity index (χ4n) is 2.16. The van der Waals surface area contributed by atoms with Gasteiger partial charge in [-0.1, -0.05) is 43.3 Å². The number of hydrogen-bond acceptors (Lipinski definition) is 2. The summed E-state index contributed by atoms with van der Waals surface area (Å²) in [5, 5.41) is 0. The highest BCUT2D eigenvalue weighted by atomic mass is 19.1. The van der Waals surface area contributed by atoms with E-state index in [1.54, 1.807) is 6.07 Å². The van der Waals surface area contributed by atoms with E-state index in [9.17, 15) is 4.39 Å². The SMILES string of the molecule is CCC(Oc1cc(F)ccc1C)C(N)c1ccccc1. The largest absolute Gasteiger partial charge is 0.488 e. The predicted molar refractivity (Wildman–Crippen MR) is 79.2 cm³/mol. The second kappa shape index (κ2) is 6.53. The van der Waals surface area contributed by atoms with Crippen LogP contribution >= 0.6 is 0 Å². The van der Waals surface area contributed by atoms with Crippen LogP contribution in [-0.4, -0.2) is 6.10 Å². The standard InChI is InChI=1S/C17H20FNO/c1-3-15(17(19)13-7-5-4-6-8-13)20-16-11-14(18)10-9-12(16)2/h4-11,15,17H,3,19H2,1-2H3. The molecule has 2 aromatic rings. The summed E-state index contributed by atoms with van der Waals surface area (Å²) in [5.41, 5.74) is 8.20. The normalized spacial score (nSPS) is 13.8. The van der Waals surface area contributed by atoms with Gasteiger partial charge in [-0.2, -0.15) is 0 Å². The number of nitrogens with two attached hydrogens (primary N) is 1. The van der Waals surface area contributed by atoms with Gasteiger partial charge in [-0.25, -0.2) is 4.39 Å². The molecule has 0 bridgehead atoms. The van der Waals surface area contributed by atoms with Crippen LogP contribution in [-0.2, 0) is 0 Å². The number of rotatable bonds is 5. The lowest BCUT2D eigenvalue weighted by atomic mass is 10.0. The van der Waals surface area contributed by atoms with E-state index in [-0.39, 0.29) is 18.0 Å². The third-order valence-corrected chi connectivity index (χ3v) is 3.42. The number of ether oxygens (including phenoxy) is 1. The molecule has 0 aliphatic rings. The first-order valence-corrected chi connectivity index (χ1v) is 6.85. The third-order valence-electron chi connectivity index (χ3n) is 3.42. The van der Waals surface area contributed by atoms with E-state index in [0.717, 1.165) is 17.5 Å². The monoisotopic (exact) mass is 273 g/mol. The molecule has 2 rings (SSSR count). The van der Waals surface area contributed by atoms with Gasteiger partial charge in [-0.15, -0.1) is 0 Å². The first kappa shape index (κ1) is 14.5. The Hall–Kier alpha value is -1.87. The van der Waals surface area contributed by atoms with Crippen molar-refractivity contribution >= 4 is 0 Å². The molecule has 2 N–H and O–H groups in total. The molecule has 0 fully saturated rings. The van der Waals surface area contributed by atoms with Gasteiger partial charge in [-0.3, -0.25) is 0 Å². The van der Waals surface area contributed by atoms with Crippen LogP contribution in [0.4, 0.5) is 4.39 Å². The van der Waals surface area contributed by atoms with E-state index in [1.807, 2.05) is 44.2 Å². The predicted octanol–water partition coefficient (Wildman–Crippen LogP) is 3.99. The Morgan fingerprint density at radius 1 is 1.15 bits per heavy atom. The smallest absolute Gasteiger partial charge is 0.126 e. The summed E-state index contributed by atoms with van der Waals surface area (Å²) in [5.74, 6) is 0.261. The number of aryl methyl sites for hydroxylation is 1. The van der Waals surface area contributed by atoms with Gasteiger partial charge in [-0.05, 0) is 30.5 Å². The number of hydrogen-bond donors (Lipinski definition) is 1. The zero-order valence-electron chi connectivity index (χ0n) is 11.8. The van der Waals surface area contributed by atoms with E-state index in [0.29, 0.717) is 5.75 Å². The van der Waals surface area contributed by atoms with Crippen LogP contribution in [0.15, 0.2) is 48.5 Å². The zero-order valence-corrected chi connectivity index (χ0v) is 11.8. The average Bonchev–Trinajstić information content (AvgIpc) is 2.48. The molecule has 106 valence electrons. The molecule has 2 atom stereocenters. The van der Waals surface area contributed by atoms with Gasteiger partial charge in [0.15, 0.2) is 0 Å². The Balaban J connectivity index is 2.18. The molecule has 0 radical (unpaired) electrons. The Kier molecular flexibility index (Phi) is 4.74. The molecule has 0 aliphatic heterocycles. The number of benzene rings is 2. The van der Waals surface area contributed by atoms with Crippen molar-refractivity contribution in [3.63, 3.8) is 0 Å². The van der Waals surface area contributed by atoms with Gasteiger partial charge in [0.05, 0.1) is 6.04 Å². The molecule has 0 spiro atoms. The van der Waals surface area contributed by atoms with Crippen LogP contribution in [0, 0.1) is 12.7 Å². The molecule has 0 aliphatic carbocycles. The highest BCUT2D eigenvalue weighted by Gasteiger charge is 2.20. The maximum Gasteiger partial charge on any atom is 0.126 e. The minimum atomic E-state index is -0.297. The van der Waals surface area contributed by atoms with E-state index in [1.165, 1.54) is 12.1 Å². The Morgan fingerprint density at radius 3 is 2.50 bits per heavy atom. The molecule has 0 heterocycles. The lowest BCUT2D eigenvalue weighted by Gasteiger charge is -2.25. The molecular formula is C17H20FNO. The second-order valence-corrected chi connectivity index (χ2v) is 4.91. The quantitative estimate of drug-likeness (QED) is 0.894. The average molecular weight is 273 g/mol. The van der Waals surface area contributed by atoms with Gasteiger partial charge in [0.1, 0.15) is 17.7 Å². The van der Waals surface area contributed by atoms with Gasteiger partial charge >= 0.3 is 0 Å². The first-order chi connectivity index (χ1) is 9.61.